The summed E-state index contributed by atoms with van der Waals surface area (Å²) in [6.07, 6.45) is 6.08. The molecular formula is C15H27NO3. The molecule has 0 bridgehead atoms. The van der Waals surface area contributed by atoms with Crippen molar-refractivity contribution < 1.29 is 14.3 Å². The Morgan fingerprint density at radius 3 is 2.37 bits per heavy atom. The second-order valence-corrected chi connectivity index (χ2v) is 5.53. The fourth-order valence-electron chi connectivity index (χ4n) is 2.64. The monoisotopic (exact) mass is 269 g/mol. The van der Waals surface area contributed by atoms with E-state index in [1.165, 1.54) is 19.3 Å². The summed E-state index contributed by atoms with van der Waals surface area (Å²) in [6.45, 7) is 6.54. The lowest BCUT2D eigenvalue weighted by molar-refractivity contribution is -0.145. The van der Waals surface area contributed by atoms with Gasteiger partial charge >= 0.3 is 5.97 Å². The van der Waals surface area contributed by atoms with Gasteiger partial charge in [0.15, 0.2) is 0 Å². The van der Waals surface area contributed by atoms with Crippen LogP contribution in [0.4, 0.5) is 0 Å². The Morgan fingerprint density at radius 2 is 1.84 bits per heavy atom. The Kier molecular flexibility index (Phi) is 6.89. The highest BCUT2D eigenvalue weighted by molar-refractivity contribution is 5.79. The normalized spacial score (nSPS) is 16.4. The minimum Gasteiger partial charge on any atom is -0.466 e. The third-order valence-electron chi connectivity index (χ3n) is 3.65. The van der Waals surface area contributed by atoms with Crippen LogP contribution in [0.15, 0.2) is 0 Å². The van der Waals surface area contributed by atoms with Crippen molar-refractivity contribution >= 4 is 11.9 Å². The molecule has 19 heavy (non-hydrogen) atoms. The fourth-order valence-corrected chi connectivity index (χ4v) is 2.64. The zero-order chi connectivity index (χ0) is 14.3. The molecule has 4 heteroatoms. The quantitative estimate of drug-likeness (QED) is 0.697. The molecule has 110 valence electrons. The highest BCUT2D eigenvalue weighted by Gasteiger charge is 2.27. The van der Waals surface area contributed by atoms with Gasteiger partial charge in [0.1, 0.15) is 0 Å². The number of esters is 1. The highest BCUT2D eigenvalue weighted by atomic mass is 16.5. The van der Waals surface area contributed by atoms with Crippen LogP contribution in [0.1, 0.15) is 59.3 Å². The highest BCUT2D eigenvalue weighted by Crippen LogP contribution is 2.24. The van der Waals surface area contributed by atoms with Crippen molar-refractivity contribution in [1.29, 1.82) is 0 Å². The third-order valence-corrected chi connectivity index (χ3v) is 3.65. The molecule has 1 fully saturated rings. The summed E-state index contributed by atoms with van der Waals surface area (Å²) in [7, 11) is 0. The molecule has 0 aromatic rings. The number of nitrogens with zero attached hydrogens (tertiary/aromatic N) is 1. The Morgan fingerprint density at radius 1 is 1.21 bits per heavy atom. The summed E-state index contributed by atoms with van der Waals surface area (Å²) in [5, 5.41) is 0. The molecule has 0 unspecified atom stereocenters. The summed E-state index contributed by atoms with van der Waals surface area (Å²) in [4.78, 5) is 25.7. The van der Waals surface area contributed by atoms with Gasteiger partial charge in [-0.2, -0.15) is 0 Å². The van der Waals surface area contributed by atoms with Gasteiger partial charge in [0.2, 0.25) is 5.91 Å². The molecule has 0 radical (unpaired) electrons. The van der Waals surface area contributed by atoms with Crippen LogP contribution in [0.3, 0.4) is 0 Å². The Bertz CT molecular complexity index is 296. The predicted octanol–water partition coefficient (Wildman–Crippen LogP) is 2.76. The first-order valence-electron chi connectivity index (χ1n) is 7.52. The average Bonchev–Trinajstić information content (AvgIpc) is 2.40. The SMILES string of the molecule is CCOC(=O)CCN(C(=O)C(C)C)C1CCCCC1. The lowest BCUT2D eigenvalue weighted by atomic mass is 9.93. The van der Waals surface area contributed by atoms with Crippen LogP contribution in [-0.2, 0) is 14.3 Å². The maximum atomic E-state index is 12.3. The maximum absolute atomic E-state index is 12.3. The average molecular weight is 269 g/mol. The van der Waals surface area contributed by atoms with Gasteiger partial charge in [-0.3, -0.25) is 9.59 Å². The zero-order valence-corrected chi connectivity index (χ0v) is 12.5. The summed E-state index contributed by atoms with van der Waals surface area (Å²) in [5.74, 6) is -0.0554. The lowest BCUT2D eigenvalue weighted by Gasteiger charge is -2.35. The molecule has 1 amide bonds. The molecule has 0 N–H and O–H groups in total. The number of hydrogen-bond donors (Lipinski definition) is 0. The van der Waals surface area contributed by atoms with Crippen molar-refractivity contribution in [1.82, 2.24) is 4.90 Å². The van der Waals surface area contributed by atoms with Gasteiger partial charge in [-0.15, -0.1) is 0 Å². The topological polar surface area (TPSA) is 46.6 Å². The van der Waals surface area contributed by atoms with Gasteiger partial charge in [-0.25, -0.2) is 0 Å². The van der Waals surface area contributed by atoms with E-state index in [4.69, 9.17) is 4.74 Å². The van der Waals surface area contributed by atoms with Crippen LogP contribution in [0.25, 0.3) is 0 Å². The van der Waals surface area contributed by atoms with Gasteiger partial charge < -0.3 is 9.64 Å². The fraction of sp³-hybridized carbons (Fsp3) is 0.867. The minimum atomic E-state index is -0.208. The molecule has 0 aliphatic heterocycles. The summed E-state index contributed by atoms with van der Waals surface area (Å²) < 4.78 is 4.94. The van der Waals surface area contributed by atoms with Gasteiger partial charge in [-0.05, 0) is 19.8 Å². The first-order valence-corrected chi connectivity index (χ1v) is 7.52. The van der Waals surface area contributed by atoms with Gasteiger partial charge in [0.05, 0.1) is 13.0 Å². The van der Waals surface area contributed by atoms with Gasteiger partial charge in [0, 0.05) is 18.5 Å². The van der Waals surface area contributed by atoms with Crippen LogP contribution in [-0.4, -0.2) is 36.0 Å². The second-order valence-electron chi connectivity index (χ2n) is 5.53. The molecule has 1 saturated carbocycles. The van der Waals surface area contributed by atoms with Crippen LogP contribution < -0.4 is 0 Å². The van der Waals surface area contributed by atoms with Crippen molar-refractivity contribution in [3.63, 3.8) is 0 Å². The Balaban J connectivity index is 2.58. The number of rotatable bonds is 6. The van der Waals surface area contributed by atoms with E-state index in [1.807, 2.05) is 18.7 Å². The molecule has 0 saturated heterocycles. The summed E-state index contributed by atoms with van der Waals surface area (Å²) in [6, 6.07) is 0.318. The zero-order valence-electron chi connectivity index (χ0n) is 12.5. The first-order chi connectivity index (χ1) is 9.06. The largest absolute Gasteiger partial charge is 0.466 e. The summed E-state index contributed by atoms with van der Waals surface area (Å²) >= 11 is 0. The predicted molar refractivity (Wildman–Crippen MR) is 74.7 cm³/mol. The van der Waals surface area contributed by atoms with E-state index in [0.29, 0.717) is 25.6 Å². The lowest BCUT2D eigenvalue weighted by Crippen LogP contribution is -2.44. The van der Waals surface area contributed by atoms with Gasteiger partial charge in [0.25, 0.3) is 0 Å². The van der Waals surface area contributed by atoms with E-state index < -0.39 is 0 Å². The molecule has 4 nitrogen and oxygen atoms in total. The molecule has 0 spiro atoms. The van der Waals surface area contributed by atoms with Crippen LogP contribution in [0.5, 0.6) is 0 Å². The van der Waals surface area contributed by atoms with E-state index in [0.717, 1.165) is 12.8 Å². The molecule has 0 atom stereocenters. The Hall–Kier alpha value is -1.06. The number of ether oxygens (including phenoxy) is 1. The van der Waals surface area contributed by atoms with E-state index in [9.17, 15) is 9.59 Å². The van der Waals surface area contributed by atoms with Crippen molar-refractivity contribution in [2.45, 2.75) is 65.3 Å². The van der Waals surface area contributed by atoms with Gasteiger partial charge in [-0.1, -0.05) is 33.1 Å². The van der Waals surface area contributed by atoms with Crippen molar-refractivity contribution in [2.75, 3.05) is 13.2 Å². The van der Waals surface area contributed by atoms with E-state index in [1.54, 1.807) is 6.92 Å². The van der Waals surface area contributed by atoms with Crippen molar-refractivity contribution in [3.05, 3.63) is 0 Å². The van der Waals surface area contributed by atoms with Crippen molar-refractivity contribution in [2.24, 2.45) is 5.92 Å². The molecule has 1 aliphatic rings. The molecule has 0 aromatic carbocycles. The number of amides is 1. The second kappa shape index (κ2) is 8.18. The van der Waals surface area contributed by atoms with Crippen LogP contribution >= 0.6 is 0 Å². The van der Waals surface area contributed by atoms with E-state index in [2.05, 4.69) is 0 Å². The number of carbonyl (C=O) groups is 2. The molecular weight excluding hydrogens is 242 g/mol. The molecule has 1 rings (SSSR count). The first kappa shape index (κ1) is 16.0. The number of hydrogen-bond acceptors (Lipinski definition) is 3. The standard InChI is InChI=1S/C15H27NO3/c1-4-19-14(17)10-11-16(15(18)12(2)3)13-8-6-5-7-9-13/h12-13H,4-11H2,1-3H3. The Labute approximate surface area is 116 Å². The van der Waals surface area contributed by atoms with Crippen LogP contribution in [0, 0.1) is 5.92 Å². The molecule has 0 heterocycles. The maximum Gasteiger partial charge on any atom is 0.307 e. The molecule has 1 aliphatic carbocycles. The summed E-state index contributed by atoms with van der Waals surface area (Å²) in [5.41, 5.74) is 0. The van der Waals surface area contributed by atoms with E-state index in [-0.39, 0.29) is 17.8 Å². The third kappa shape index (κ3) is 5.21. The number of carbonyl (C=O) groups excluding carboxylic acids is 2. The van der Waals surface area contributed by atoms with E-state index >= 15 is 0 Å². The smallest absolute Gasteiger partial charge is 0.307 e. The van der Waals surface area contributed by atoms with Crippen LogP contribution in [0.2, 0.25) is 0 Å². The minimum absolute atomic E-state index is 0.0101. The molecule has 0 aromatic heterocycles. The van der Waals surface area contributed by atoms with Crippen molar-refractivity contribution in [3.8, 4) is 0 Å².